The third-order valence-electron chi connectivity index (χ3n) is 4.46. The van der Waals surface area contributed by atoms with Crippen LogP contribution in [0.1, 0.15) is 38.2 Å². The number of nitrogens with zero attached hydrogens (tertiary/aromatic N) is 2. The number of ether oxygens (including phenoxy) is 1. The minimum Gasteiger partial charge on any atom is -0.381 e. The molecule has 1 saturated heterocycles. The van der Waals surface area contributed by atoms with Gasteiger partial charge < -0.3 is 9.64 Å². The van der Waals surface area contributed by atoms with Crippen LogP contribution >= 0.6 is 12.6 Å². The highest BCUT2D eigenvalue weighted by molar-refractivity contribution is 7.80. The van der Waals surface area contributed by atoms with Crippen LogP contribution < -0.4 is 0 Å². The maximum atomic E-state index is 5.62. The number of hydrogen-bond acceptors (Lipinski definition) is 4. The fourth-order valence-electron chi connectivity index (χ4n) is 2.92. The molecule has 3 nitrogen and oxygen atoms in total. The number of benzene rings is 1. The maximum absolute atomic E-state index is 5.62. The van der Waals surface area contributed by atoms with Crippen molar-refractivity contribution in [2.75, 3.05) is 45.9 Å². The van der Waals surface area contributed by atoms with Gasteiger partial charge in [0, 0.05) is 50.8 Å². The van der Waals surface area contributed by atoms with Crippen LogP contribution in [0.3, 0.4) is 0 Å². The number of hydrogen-bond donors (Lipinski definition) is 1. The lowest BCUT2D eigenvalue weighted by atomic mass is 10.2. The summed E-state index contributed by atoms with van der Waals surface area (Å²) >= 11 is 4.34. The molecule has 0 saturated carbocycles. The van der Waals surface area contributed by atoms with Gasteiger partial charge >= 0.3 is 0 Å². The summed E-state index contributed by atoms with van der Waals surface area (Å²) in [5, 5.41) is 0. The molecule has 0 N–H and O–H groups in total. The van der Waals surface area contributed by atoms with Crippen molar-refractivity contribution in [1.82, 2.24) is 9.80 Å². The van der Waals surface area contributed by atoms with Gasteiger partial charge in [-0.05, 0) is 43.5 Å². The number of rotatable bonds is 10. The molecule has 0 amide bonds. The van der Waals surface area contributed by atoms with Gasteiger partial charge in [-0.3, -0.25) is 4.90 Å². The fraction of sp³-hybridized carbons (Fsp3) is 0.684. The summed E-state index contributed by atoms with van der Waals surface area (Å²) in [4.78, 5) is 6.19. The maximum Gasteiger partial charge on any atom is 0.0466 e. The largest absolute Gasteiger partial charge is 0.381 e. The van der Waals surface area contributed by atoms with E-state index in [1.807, 2.05) is 0 Å². The molecule has 1 fully saturated rings. The van der Waals surface area contributed by atoms with Gasteiger partial charge in [-0.2, -0.15) is 0 Å². The predicted molar refractivity (Wildman–Crippen MR) is 100 cm³/mol. The number of thiol groups is 1. The van der Waals surface area contributed by atoms with Gasteiger partial charge in [-0.25, -0.2) is 0 Å². The van der Waals surface area contributed by atoms with Crippen molar-refractivity contribution in [3.05, 3.63) is 29.8 Å². The average Bonchev–Trinajstić information content (AvgIpc) is 2.58. The molecule has 0 radical (unpaired) electrons. The molecule has 0 bridgehead atoms. The summed E-state index contributed by atoms with van der Waals surface area (Å²) < 4.78 is 5.62. The highest BCUT2D eigenvalue weighted by Gasteiger charge is 2.16. The smallest absolute Gasteiger partial charge is 0.0466 e. The Hall–Kier alpha value is -0.550. The van der Waals surface area contributed by atoms with Crippen molar-refractivity contribution in [3.63, 3.8) is 0 Å². The van der Waals surface area contributed by atoms with E-state index < -0.39 is 0 Å². The Morgan fingerprint density at radius 2 is 1.57 bits per heavy atom. The lowest BCUT2D eigenvalue weighted by Gasteiger charge is -2.34. The normalized spacial score (nSPS) is 16.8. The molecular weight excluding hydrogens is 304 g/mol. The first-order valence-corrected chi connectivity index (χ1v) is 9.53. The quantitative estimate of drug-likeness (QED) is 0.518. The topological polar surface area (TPSA) is 15.7 Å². The molecule has 1 aromatic rings. The zero-order valence-corrected chi connectivity index (χ0v) is 15.4. The lowest BCUT2D eigenvalue weighted by Crippen LogP contribution is -2.46. The van der Waals surface area contributed by atoms with Crippen LogP contribution in [0.15, 0.2) is 29.2 Å². The Bertz CT molecular complexity index is 416. The predicted octanol–water partition coefficient (Wildman–Crippen LogP) is 3.69. The standard InChI is InChI=1S/C19H32N2OS/c1-2-3-15-22-16-5-4-10-20-11-13-21(14-12-20)17-18-6-8-19(23)9-7-18/h6-9,23H,2-5,10-17H2,1H3. The van der Waals surface area contributed by atoms with Crippen LogP contribution in [0.4, 0.5) is 0 Å². The molecule has 23 heavy (non-hydrogen) atoms. The van der Waals surface area contributed by atoms with Gasteiger partial charge in [0.1, 0.15) is 0 Å². The van der Waals surface area contributed by atoms with Crippen LogP contribution in [0, 0.1) is 0 Å². The van der Waals surface area contributed by atoms with E-state index in [0.29, 0.717) is 0 Å². The van der Waals surface area contributed by atoms with Gasteiger partial charge in [0.2, 0.25) is 0 Å². The second-order valence-electron chi connectivity index (χ2n) is 6.46. The van der Waals surface area contributed by atoms with Crippen molar-refractivity contribution in [1.29, 1.82) is 0 Å². The van der Waals surface area contributed by atoms with Gasteiger partial charge in [0.05, 0.1) is 0 Å². The van der Waals surface area contributed by atoms with Gasteiger partial charge in [0.25, 0.3) is 0 Å². The molecule has 1 aliphatic heterocycles. The molecule has 0 unspecified atom stereocenters. The Kier molecular flexibility index (Phi) is 9.05. The molecule has 0 spiro atoms. The molecule has 130 valence electrons. The molecule has 4 heteroatoms. The van der Waals surface area contributed by atoms with Crippen LogP contribution in [-0.4, -0.2) is 55.7 Å². The van der Waals surface area contributed by atoms with Crippen molar-refractivity contribution in [3.8, 4) is 0 Å². The van der Waals surface area contributed by atoms with E-state index in [1.165, 1.54) is 64.0 Å². The SMILES string of the molecule is CCCCOCCCCN1CCN(Cc2ccc(S)cc2)CC1. The summed E-state index contributed by atoms with van der Waals surface area (Å²) in [6.45, 7) is 11.1. The third-order valence-corrected chi connectivity index (χ3v) is 4.76. The molecule has 0 aliphatic carbocycles. The second-order valence-corrected chi connectivity index (χ2v) is 6.97. The third kappa shape index (κ3) is 7.71. The van der Waals surface area contributed by atoms with E-state index in [0.717, 1.165) is 24.7 Å². The molecule has 1 aliphatic rings. The zero-order valence-electron chi connectivity index (χ0n) is 14.5. The van der Waals surface area contributed by atoms with E-state index >= 15 is 0 Å². The van der Waals surface area contributed by atoms with Crippen LogP contribution in [-0.2, 0) is 11.3 Å². The minimum absolute atomic E-state index is 0.932. The lowest BCUT2D eigenvalue weighted by molar-refractivity contribution is 0.109. The number of piperazine rings is 1. The summed E-state index contributed by atoms with van der Waals surface area (Å²) in [6.07, 6.45) is 4.87. The summed E-state index contributed by atoms with van der Waals surface area (Å²) in [5.74, 6) is 0. The Morgan fingerprint density at radius 1 is 0.913 bits per heavy atom. The van der Waals surface area contributed by atoms with E-state index in [-0.39, 0.29) is 0 Å². The average molecular weight is 337 g/mol. The van der Waals surface area contributed by atoms with E-state index in [2.05, 4.69) is 53.6 Å². The zero-order chi connectivity index (χ0) is 16.3. The monoisotopic (exact) mass is 336 g/mol. The molecule has 2 rings (SSSR count). The Balaban J connectivity index is 1.53. The summed E-state index contributed by atoms with van der Waals surface area (Å²) in [7, 11) is 0. The van der Waals surface area contributed by atoms with E-state index in [1.54, 1.807) is 0 Å². The molecule has 0 aromatic heterocycles. The summed E-state index contributed by atoms with van der Waals surface area (Å²) in [5.41, 5.74) is 1.39. The first-order valence-electron chi connectivity index (χ1n) is 9.08. The van der Waals surface area contributed by atoms with Gasteiger partial charge in [0.15, 0.2) is 0 Å². The van der Waals surface area contributed by atoms with Crippen LogP contribution in [0.25, 0.3) is 0 Å². The van der Waals surface area contributed by atoms with Crippen molar-refractivity contribution < 1.29 is 4.74 Å². The van der Waals surface area contributed by atoms with Gasteiger partial charge in [-0.15, -0.1) is 12.6 Å². The van der Waals surface area contributed by atoms with Crippen molar-refractivity contribution in [2.45, 2.75) is 44.0 Å². The first kappa shape index (κ1) is 18.8. The van der Waals surface area contributed by atoms with E-state index in [4.69, 9.17) is 4.74 Å². The Morgan fingerprint density at radius 3 is 2.26 bits per heavy atom. The van der Waals surface area contributed by atoms with Crippen molar-refractivity contribution >= 4 is 12.6 Å². The molecule has 1 heterocycles. The summed E-state index contributed by atoms with van der Waals surface area (Å²) in [6, 6.07) is 8.54. The van der Waals surface area contributed by atoms with Crippen LogP contribution in [0.5, 0.6) is 0 Å². The highest BCUT2D eigenvalue weighted by Crippen LogP contribution is 2.12. The fourth-order valence-corrected chi connectivity index (χ4v) is 3.07. The van der Waals surface area contributed by atoms with Crippen molar-refractivity contribution in [2.24, 2.45) is 0 Å². The number of unbranched alkanes of at least 4 members (excludes halogenated alkanes) is 2. The van der Waals surface area contributed by atoms with Gasteiger partial charge in [-0.1, -0.05) is 25.5 Å². The molecule has 1 aromatic carbocycles. The van der Waals surface area contributed by atoms with E-state index in [9.17, 15) is 0 Å². The molecular formula is C19H32N2OS. The second kappa shape index (κ2) is 11.1. The Labute approximate surface area is 147 Å². The molecule has 0 atom stereocenters. The minimum atomic E-state index is 0.932. The highest BCUT2D eigenvalue weighted by atomic mass is 32.1. The first-order chi connectivity index (χ1) is 11.3. The van der Waals surface area contributed by atoms with Crippen LogP contribution in [0.2, 0.25) is 0 Å².